The Morgan fingerprint density at radius 2 is 2.24 bits per heavy atom. The van der Waals surface area contributed by atoms with Crippen LogP contribution in [0.15, 0.2) is 27.4 Å². The fourth-order valence-corrected chi connectivity index (χ4v) is 3.15. The van der Waals surface area contributed by atoms with Gasteiger partial charge in [-0.1, -0.05) is 17.8 Å². The Kier molecular flexibility index (Phi) is 3.54. The van der Waals surface area contributed by atoms with Gasteiger partial charge in [-0.3, -0.25) is 4.79 Å². The fourth-order valence-electron chi connectivity index (χ4n) is 1.34. The first-order valence-electron chi connectivity index (χ1n) is 4.85. The fraction of sp³-hybridized carbons (Fsp3) is 0.182. The van der Waals surface area contributed by atoms with E-state index in [4.69, 9.17) is 0 Å². The summed E-state index contributed by atoms with van der Waals surface area (Å²) in [5, 5.41) is 0. The summed E-state index contributed by atoms with van der Waals surface area (Å²) in [4.78, 5) is 16.1. The minimum atomic E-state index is -0.497. The van der Waals surface area contributed by atoms with Gasteiger partial charge in [0.1, 0.15) is 11.6 Å². The summed E-state index contributed by atoms with van der Waals surface area (Å²) in [5.41, 5.74) is 0.116. The van der Waals surface area contributed by atoms with E-state index >= 15 is 0 Å². The summed E-state index contributed by atoms with van der Waals surface area (Å²) in [5.74, 6) is -0.103. The summed E-state index contributed by atoms with van der Waals surface area (Å²) < 4.78 is 18.3. The van der Waals surface area contributed by atoms with Crippen molar-refractivity contribution in [2.75, 3.05) is 0 Å². The quantitative estimate of drug-likeness (QED) is 0.801. The molecule has 0 saturated carbocycles. The number of Topliss-reactive ketones (excluding diaryl/α,β-unsaturated/α-hetero) is 1. The van der Waals surface area contributed by atoms with Gasteiger partial charge in [0.25, 0.3) is 0 Å². The number of aromatic nitrogens is 2. The summed E-state index contributed by atoms with van der Waals surface area (Å²) in [6.07, 6.45) is 0. The van der Waals surface area contributed by atoms with Crippen LogP contribution < -0.4 is 0 Å². The molecule has 1 heterocycles. The van der Waals surface area contributed by atoms with Crippen LogP contribution >= 0.6 is 23.3 Å². The lowest BCUT2D eigenvalue weighted by Crippen LogP contribution is -1.99. The molecule has 2 aromatic rings. The van der Waals surface area contributed by atoms with Gasteiger partial charge in [0.2, 0.25) is 0 Å². The summed E-state index contributed by atoms with van der Waals surface area (Å²) in [7, 11) is 0. The van der Waals surface area contributed by atoms with Crippen LogP contribution in [-0.2, 0) is 0 Å². The molecule has 0 atom stereocenters. The molecule has 88 valence electrons. The zero-order chi connectivity index (χ0) is 12.4. The van der Waals surface area contributed by atoms with E-state index in [0.29, 0.717) is 15.1 Å². The SMILES string of the molecule is CC(=O)c1c(F)cccc1Sc1nc(C)ns1. The number of nitrogens with zero attached hydrogens (tertiary/aromatic N) is 2. The van der Waals surface area contributed by atoms with Gasteiger partial charge >= 0.3 is 0 Å². The highest BCUT2D eigenvalue weighted by molar-refractivity contribution is 8.01. The predicted octanol–water partition coefficient (Wildman–Crippen LogP) is 3.34. The van der Waals surface area contributed by atoms with Crippen molar-refractivity contribution in [2.45, 2.75) is 23.1 Å². The van der Waals surface area contributed by atoms with Crippen molar-refractivity contribution < 1.29 is 9.18 Å². The first-order chi connectivity index (χ1) is 8.08. The summed E-state index contributed by atoms with van der Waals surface area (Å²) in [6.45, 7) is 3.14. The molecule has 0 saturated heterocycles. The van der Waals surface area contributed by atoms with Gasteiger partial charge < -0.3 is 0 Å². The van der Waals surface area contributed by atoms with Crippen LogP contribution in [-0.4, -0.2) is 15.1 Å². The number of carbonyl (C=O) groups excluding carboxylic acids is 1. The maximum absolute atomic E-state index is 13.5. The number of rotatable bonds is 3. The van der Waals surface area contributed by atoms with E-state index in [1.165, 1.54) is 36.3 Å². The zero-order valence-corrected chi connectivity index (χ0v) is 10.9. The second-order valence-corrected chi connectivity index (χ2v) is 5.42. The number of carbonyl (C=O) groups is 1. The highest BCUT2D eigenvalue weighted by Gasteiger charge is 2.15. The van der Waals surface area contributed by atoms with Crippen LogP contribution in [0.3, 0.4) is 0 Å². The molecule has 0 bridgehead atoms. The molecular weight excluding hydrogens is 259 g/mol. The van der Waals surface area contributed by atoms with Gasteiger partial charge in [-0.05, 0) is 37.5 Å². The van der Waals surface area contributed by atoms with Gasteiger partial charge in [-0.25, -0.2) is 9.37 Å². The van der Waals surface area contributed by atoms with Crippen LogP contribution in [0.2, 0.25) is 0 Å². The standard InChI is InChI=1S/C11H9FN2OS2/c1-6(15)10-8(12)4-3-5-9(10)16-11-13-7(2)14-17-11/h3-5H,1-2H3. The first kappa shape index (κ1) is 12.2. The largest absolute Gasteiger partial charge is 0.294 e. The Bertz CT molecular complexity index is 568. The lowest BCUT2D eigenvalue weighted by atomic mass is 10.1. The highest BCUT2D eigenvalue weighted by Crippen LogP contribution is 2.32. The number of ketones is 1. The lowest BCUT2D eigenvalue weighted by Gasteiger charge is -2.04. The van der Waals surface area contributed by atoms with Crippen molar-refractivity contribution in [3.05, 3.63) is 35.4 Å². The van der Waals surface area contributed by atoms with Crippen molar-refractivity contribution in [1.29, 1.82) is 0 Å². The Morgan fingerprint density at radius 1 is 1.47 bits per heavy atom. The molecule has 2 rings (SSSR count). The summed E-state index contributed by atoms with van der Waals surface area (Å²) in [6, 6.07) is 4.57. The second kappa shape index (κ2) is 4.93. The molecule has 0 radical (unpaired) electrons. The molecule has 6 heteroatoms. The molecule has 17 heavy (non-hydrogen) atoms. The summed E-state index contributed by atoms with van der Waals surface area (Å²) >= 11 is 2.50. The maximum Gasteiger partial charge on any atom is 0.174 e. The molecule has 0 aliphatic rings. The molecule has 0 spiro atoms. The molecule has 0 aliphatic carbocycles. The molecule has 3 nitrogen and oxygen atoms in total. The minimum absolute atomic E-state index is 0.116. The molecule has 0 N–H and O–H groups in total. The third kappa shape index (κ3) is 2.70. The number of aryl methyl sites for hydroxylation is 1. The van der Waals surface area contributed by atoms with E-state index in [-0.39, 0.29) is 11.3 Å². The van der Waals surface area contributed by atoms with Crippen molar-refractivity contribution >= 4 is 29.1 Å². The van der Waals surface area contributed by atoms with E-state index in [1.807, 2.05) is 0 Å². The monoisotopic (exact) mass is 268 g/mol. The molecule has 0 unspecified atom stereocenters. The predicted molar refractivity (Wildman–Crippen MR) is 65.2 cm³/mol. The van der Waals surface area contributed by atoms with Crippen molar-refractivity contribution in [1.82, 2.24) is 9.36 Å². The third-order valence-electron chi connectivity index (χ3n) is 2.03. The van der Waals surface area contributed by atoms with E-state index in [0.717, 1.165) is 0 Å². The Hall–Kier alpha value is -1.27. The molecule has 0 amide bonds. The van der Waals surface area contributed by atoms with Crippen molar-refractivity contribution in [2.24, 2.45) is 0 Å². The molecule has 0 aliphatic heterocycles. The van der Waals surface area contributed by atoms with Crippen LogP contribution in [0.4, 0.5) is 4.39 Å². The molecular formula is C11H9FN2OS2. The maximum atomic E-state index is 13.5. The Morgan fingerprint density at radius 3 is 2.82 bits per heavy atom. The smallest absolute Gasteiger partial charge is 0.174 e. The zero-order valence-electron chi connectivity index (χ0n) is 9.23. The number of halogens is 1. The first-order valence-corrected chi connectivity index (χ1v) is 6.44. The number of benzene rings is 1. The van der Waals surface area contributed by atoms with Gasteiger partial charge in [0, 0.05) is 4.90 Å². The van der Waals surface area contributed by atoms with Crippen LogP contribution in [0, 0.1) is 12.7 Å². The molecule has 0 fully saturated rings. The van der Waals surface area contributed by atoms with E-state index < -0.39 is 5.82 Å². The highest BCUT2D eigenvalue weighted by atomic mass is 32.2. The van der Waals surface area contributed by atoms with Gasteiger partial charge in [-0.2, -0.15) is 4.37 Å². The molecule has 1 aromatic heterocycles. The van der Waals surface area contributed by atoms with Crippen LogP contribution in [0.5, 0.6) is 0 Å². The third-order valence-corrected chi connectivity index (χ3v) is 3.94. The van der Waals surface area contributed by atoms with E-state index in [9.17, 15) is 9.18 Å². The van der Waals surface area contributed by atoms with Gasteiger partial charge in [-0.15, -0.1) is 0 Å². The Labute approximate surface area is 106 Å². The molecule has 1 aromatic carbocycles. The topological polar surface area (TPSA) is 42.9 Å². The lowest BCUT2D eigenvalue weighted by molar-refractivity contribution is 0.101. The minimum Gasteiger partial charge on any atom is -0.294 e. The number of hydrogen-bond acceptors (Lipinski definition) is 5. The number of hydrogen-bond donors (Lipinski definition) is 0. The average Bonchev–Trinajstić information content (AvgIpc) is 2.63. The van der Waals surface area contributed by atoms with E-state index in [2.05, 4.69) is 9.36 Å². The van der Waals surface area contributed by atoms with Crippen molar-refractivity contribution in [3.63, 3.8) is 0 Å². The van der Waals surface area contributed by atoms with Crippen molar-refractivity contribution in [3.8, 4) is 0 Å². The van der Waals surface area contributed by atoms with Crippen LogP contribution in [0.1, 0.15) is 23.1 Å². The van der Waals surface area contributed by atoms with Gasteiger partial charge in [0.15, 0.2) is 10.1 Å². The normalized spacial score (nSPS) is 10.5. The average molecular weight is 268 g/mol. The van der Waals surface area contributed by atoms with E-state index in [1.54, 1.807) is 19.1 Å². The second-order valence-electron chi connectivity index (χ2n) is 3.38. The van der Waals surface area contributed by atoms with Gasteiger partial charge in [0.05, 0.1) is 5.56 Å². The Balaban J connectivity index is 2.39. The van der Waals surface area contributed by atoms with Crippen LogP contribution in [0.25, 0.3) is 0 Å².